The van der Waals surface area contributed by atoms with Crippen molar-refractivity contribution >= 4 is 17.5 Å². The first-order valence-corrected chi connectivity index (χ1v) is 10.4. The topological polar surface area (TPSA) is 33.2 Å². The predicted molar refractivity (Wildman–Crippen MR) is 110 cm³/mol. The Balaban J connectivity index is 1.48. The molecule has 3 nitrogen and oxygen atoms in total. The summed E-state index contributed by atoms with van der Waals surface area (Å²) in [7, 11) is 0. The van der Waals surface area contributed by atoms with Gasteiger partial charge in [0.05, 0.1) is 0 Å². The van der Waals surface area contributed by atoms with Crippen molar-refractivity contribution in [3.05, 3.63) is 53.3 Å². The number of hydrogen-bond acceptors (Lipinski definition) is 2. The van der Waals surface area contributed by atoms with E-state index in [0.717, 1.165) is 54.8 Å². The molecular formula is C23H27ClN2O. The van der Waals surface area contributed by atoms with Gasteiger partial charge in [0.1, 0.15) is 0 Å². The van der Waals surface area contributed by atoms with Crippen LogP contribution in [0.2, 0.25) is 5.02 Å². The largest absolute Gasteiger partial charge is 0.337 e. The molecule has 0 N–H and O–H groups in total. The van der Waals surface area contributed by atoms with Gasteiger partial charge in [-0.25, -0.2) is 0 Å². The SMILES string of the molecule is CC1(N2CCCC2=O)CCCC(Cc2ccc(-c3cccnc3)cc2Cl)C1. The van der Waals surface area contributed by atoms with Gasteiger partial charge in [0.2, 0.25) is 5.91 Å². The van der Waals surface area contributed by atoms with E-state index in [9.17, 15) is 4.79 Å². The van der Waals surface area contributed by atoms with E-state index in [-0.39, 0.29) is 5.54 Å². The Kier molecular flexibility index (Phi) is 5.23. The molecule has 2 heterocycles. The Morgan fingerprint density at radius 1 is 1.26 bits per heavy atom. The first kappa shape index (κ1) is 18.5. The third kappa shape index (κ3) is 3.89. The second-order valence-electron chi connectivity index (χ2n) is 8.36. The van der Waals surface area contributed by atoms with Crippen LogP contribution < -0.4 is 0 Å². The van der Waals surface area contributed by atoms with E-state index in [1.54, 1.807) is 6.20 Å². The van der Waals surface area contributed by atoms with Crippen LogP contribution in [0.5, 0.6) is 0 Å². The van der Waals surface area contributed by atoms with Crippen LogP contribution in [0.1, 0.15) is 51.0 Å². The van der Waals surface area contributed by atoms with Crippen LogP contribution in [-0.2, 0) is 11.2 Å². The number of halogens is 1. The molecule has 2 unspecified atom stereocenters. The van der Waals surface area contributed by atoms with E-state index in [1.807, 2.05) is 12.3 Å². The highest BCUT2D eigenvalue weighted by Gasteiger charge is 2.41. The fourth-order valence-corrected chi connectivity index (χ4v) is 5.23. The summed E-state index contributed by atoms with van der Waals surface area (Å²) in [5.74, 6) is 0.927. The highest BCUT2D eigenvalue weighted by Crippen LogP contribution is 2.40. The molecule has 1 saturated heterocycles. The molecule has 1 aromatic heterocycles. The van der Waals surface area contributed by atoms with Crippen LogP contribution in [0.25, 0.3) is 11.1 Å². The normalized spacial score (nSPS) is 25.8. The van der Waals surface area contributed by atoms with Gasteiger partial charge >= 0.3 is 0 Å². The predicted octanol–water partition coefficient (Wildman–Crippen LogP) is 5.52. The van der Waals surface area contributed by atoms with E-state index in [4.69, 9.17) is 11.6 Å². The summed E-state index contributed by atoms with van der Waals surface area (Å²) in [6.45, 7) is 3.22. The van der Waals surface area contributed by atoms with Gasteiger partial charge < -0.3 is 4.90 Å². The fourth-order valence-electron chi connectivity index (χ4n) is 4.97. The molecule has 4 heteroatoms. The van der Waals surface area contributed by atoms with Crippen molar-refractivity contribution in [2.24, 2.45) is 5.92 Å². The van der Waals surface area contributed by atoms with Gasteiger partial charge in [-0.1, -0.05) is 36.2 Å². The third-order valence-corrected chi connectivity index (χ3v) is 6.69. The standard InChI is InChI=1S/C23H27ClN2O/c1-23(26-12-4-7-22(26)27)10-2-5-17(15-23)13-19-9-8-18(14-21(19)24)20-6-3-11-25-16-20/h3,6,8-9,11,14,16-17H,2,4-5,7,10,12-13,15H2,1H3. The number of carbonyl (C=O) groups excluding carboxylic acids is 1. The fraction of sp³-hybridized carbons (Fsp3) is 0.478. The van der Waals surface area contributed by atoms with Gasteiger partial charge in [0, 0.05) is 41.5 Å². The number of rotatable bonds is 4. The zero-order valence-corrected chi connectivity index (χ0v) is 16.7. The zero-order chi connectivity index (χ0) is 18.9. The van der Waals surface area contributed by atoms with Crippen LogP contribution in [0.15, 0.2) is 42.7 Å². The van der Waals surface area contributed by atoms with Crippen LogP contribution in [-0.4, -0.2) is 27.9 Å². The minimum absolute atomic E-state index is 0.0264. The second-order valence-corrected chi connectivity index (χ2v) is 8.77. The second kappa shape index (κ2) is 7.63. The van der Waals surface area contributed by atoms with Crippen molar-refractivity contribution in [3.63, 3.8) is 0 Å². The Bertz CT molecular complexity index is 822. The molecule has 4 rings (SSSR count). The molecule has 2 atom stereocenters. The molecule has 27 heavy (non-hydrogen) atoms. The minimum atomic E-state index is 0.0264. The maximum absolute atomic E-state index is 12.3. The smallest absolute Gasteiger partial charge is 0.223 e. The number of nitrogens with zero attached hydrogens (tertiary/aromatic N) is 2. The van der Waals surface area contributed by atoms with Crippen LogP contribution in [0.3, 0.4) is 0 Å². The monoisotopic (exact) mass is 382 g/mol. The Labute approximate surface area is 166 Å². The Morgan fingerprint density at radius 3 is 2.85 bits per heavy atom. The van der Waals surface area contributed by atoms with E-state index in [0.29, 0.717) is 11.8 Å². The van der Waals surface area contributed by atoms with Crippen molar-refractivity contribution < 1.29 is 4.79 Å². The first-order chi connectivity index (χ1) is 13.0. The lowest BCUT2D eigenvalue weighted by atomic mass is 9.73. The summed E-state index contributed by atoms with van der Waals surface area (Å²) < 4.78 is 0. The third-order valence-electron chi connectivity index (χ3n) is 6.34. The summed E-state index contributed by atoms with van der Waals surface area (Å²) in [5.41, 5.74) is 3.43. The van der Waals surface area contributed by atoms with E-state index in [2.05, 4.69) is 41.1 Å². The number of likely N-dealkylation sites (tertiary alicyclic amines) is 1. The van der Waals surface area contributed by atoms with Gasteiger partial charge in [-0.3, -0.25) is 9.78 Å². The average molecular weight is 383 g/mol. The van der Waals surface area contributed by atoms with E-state index in [1.165, 1.54) is 18.4 Å². The molecule has 0 bridgehead atoms. The van der Waals surface area contributed by atoms with Crippen LogP contribution in [0, 0.1) is 5.92 Å². The van der Waals surface area contributed by atoms with E-state index < -0.39 is 0 Å². The number of pyridine rings is 1. The van der Waals surface area contributed by atoms with Gasteiger partial charge in [0.25, 0.3) is 0 Å². The molecule has 2 aliphatic rings. The number of amides is 1. The lowest BCUT2D eigenvalue weighted by Crippen LogP contribution is -2.50. The van der Waals surface area contributed by atoms with Gasteiger partial charge in [-0.2, -0.15) is 0 Å². The van der Waals surface area contributed by atoms with Gasteiger partial charge in [0.15, 0.2) is 0 Å². The molecule has 1 amide bonds. The summed E-state index contributed by atoms with van der Waals surface area (Å²) >= 11 is 6.63. The maximum Gasteiger partial charge on any atom is 0.223 e. The number of hydrogen-bond donors (Lipinski definition) is 0. The quantitative estimate of drug-likeness (QED) is 0.697. The minimum Gasteiger partial charge on any atom is -0.337 e. The van der Waals surface area contributed by atoms with Crippen LogP contribution in [0.4, 0.5) is 0 Å². The molecule has 0 spiro atoms. The Hall–Kier alpha value is -1.87. The molecular weight excluding hydrogens is 356 g/mol. The summed E-state index contributed by atoms with van der Waals surface area (Å²) in [4.78, 5) is 18.6. The molecule has 2 fully saturated rings. The lowest BCUT2D eigenvalue weighted by molar-refractivity contribution is -0.134. The molecule has 1 aliphatic carbocycles. The van der Waals surface area contributed by atoms with Crippen molar-refractivity contribution in [2.75, 3.05) is 6.54 Å². The highest BCUT2D eigenvalue weighted by atomic mass is 35.5. The Morgan fingerprint density at radius 2 is 2.15 bits per heavy atom. The molecule has 1 aliphatic heterocycles. The molecule has 1 saturated carbocycles. The van der Waals surface area contributed by atoms with Crippen molar-refractivity contribution in [1.29, 1.82) is 0 Å². The summed E-state index contributed by atoms with van der Waals surface area (Å²) in [6, 6.07) is 10.4. The van der Waals surface area contributed by atoms with Crippen molar-refractivity contribution in [2.45, 2.75) is 57.4 Å². The van der Waals surface area contributed by atoms with Gasteiger partial charge in [-0.15, -0.1) is 0 Å². The summed E-state index contributed by atoms with van der Waals surface area (Å²) in [5, 5.41) is 0.834. The van der Waals surface area contributed by atoms with Crippen LogP contribution >= 0.6 is 11.6 Å². The highest BCUT2D eigenvalue weighted by molar-refractivity contribution is 6.31. The summed E-state index contributed by atoms with van der Waals surface area (Å²) in [6.07, 6.45) is 11.0. The molecule has 2 aromatic rings. The average Bonchev–Trinajstić information content (AvgIpc) is 3.11. The number of carbonyl (C=O) groups is 1. The van der Waals surface area contributed by atoms with Crippen molar-refractivity contribution in [3.8, 4) is 11.1 Å². The van der Waals surface area contributed by atoms with E-state index >= 15 is 0 Å². The maximum atomic E-state index is 12.3. The first-order valence-electron chi connectivity index (χ1n) is 10.0. The molecule has 142 valence electrons. The lowest BCUT2D eigenvalue weighted by Gasteiger charge is -2.45. The van der Waals surface area contributed by atoms with Gasteiger partial charge in [-0.05, 0) is 68.2 Å². The number of benzene rings is 1. The van der Waals surface area contributed by atoms with Crippen molar-refractivity contribution in [1.82, 2.24) is 9.88 Å². The molecule has 0 radical (unpaired) electrons. The molecule has 1 aromatic carbocycles. The zero-order valence-electron chi connectivity index (χ0n) is 16.0. The number of aromatic nitrogens is 1.